The van der Waals surface area contributed by atoms with Crippen molar-refractivity contribution in [1.29, 1.82) is 0 Å². The maximum Gasteiger partial charge on any atom is 0.302 e. The topological polar surface area (TPSA) is 63.6 Å². The highest BCUT2D eigenvalue weighted by Crippen LogP contribution is 2.66. The van der Waals surface area contributed by atoms with Gasteiger partial charge in [-0.25, -0.2) is 0 Å². The van der Waals surface area contributed by atoms with E-state index in [1.807, 2.05) is 0 Å². The zero-order valence-electron chi connectivity index (χ0n) is 21.8. The second-order valence-corrected chi connectivity index (χ2v) is 12.8. The van der Waals surface area contributed by atoms with E-state index in [2.05, 4.69) is 34.6 Å². The van der Waals surface area contributed by atoms with E-state index in [0.29, 0.717) is 30.0 Å². The molecule has 0 radical (unpaired) electrons. The fourth-order valence-corrected chi connectivity index (χ4v) is 8.49. The lowest BCUT2D eigenvalue weighted by molar-refractivity contribution is -0.168. The summed E-state index contributed by atoms with van der Waals surface area (Å²) in [4.78, 5) is 25.0. The van der Waals surface area contributed by atoms with Gasteiger partial charge in [-0.05, 0) is 79.6 Å². The van der Waals surface area contributed by atoms with Crippen molar-refractivity contribution in [3.63, 3.8) is 0 Å². The molecule has 0 unspecified atom stereocenters. The molecule has 0 aliphatic heterocycles. The summed E-state index contributed by atoms with van der Waals surface area (Å²) in [7, 11) is 0. The Balaban J connectivity index is 1.61. The Morgan fingerprint density at radius 2 is 1.85 bits per heavy atom. The molecular weight excluding hydrogens is 412 g/mol. The molecule has 3 saturated carbocycles. The number of esters is 1. The molecule has 0 spiro atoms. The van der Waals surface area contributed by atoms with E-state index in [1.54, 1.807) is 0 Å². The van der Waals surface area contributed by atoms with Gasteiger partial charge >= 0.3 is 5.97 Å². The molecule has 4 aliphatic rings. The van der Waals surface area contributed by atoms with Crippen molar-refractivity contribution in [2.75, 3.05) is 0 Å². The lowest BCUT2D eigenvalue weighted by atomic mass is 9.46. The maximum atomic E-state index is 13.5. The molecule has 0 aromatic rings. The molecule has 0 aromatic heterocycles. The van der Waals surface area contributed by atoms with Gasteiger partial charge in [0.05, 0.1) is 5.60 Å². The number of ketones is 1. The molecule has 0 heterocycles. The van der Waals surface area contributed by atoms with E-state index < -0.39 is 5.60 Å². The molecule has 33 heavy (non-hydrogen) atoms. The number of fused-ring (bicyclic) bond motifs is 4. The molecule has 0 amide bonds. The maximum absolute atomic E-state index is 13.5. The van der Waals surface area contributed by atoms with Crippen LogP contribution in [-0.2, 0) is 14.3 Å². The lowest BCUT2D eigenvalue weighted by Crippen LogP contribution is -2.60. The van der Waals surface area contributed by atoms with Gasteiger partial charge in [-0.2, -0.15) is 0 Å². The Hall–Kier alpha value is -1.16. The van der Waals surface area contributed by atoms with Crippen LogP contribution in [0.25, 0.3) is 0 Å². The molecule has 4 rings (SSSR count). The highest BCUT2D eigenvalue weighted by molar-refractivity contribution is 6.01. The minimum Gasteiger partial charge on any atom is -0.463 e. The summed E-state index contributed by atoms with van der Waals surface area (Å²) < 4.78 is 5.56. The van der Waals surface area contributed by atoms with Crippen molar-refractivity contribution in [2.24, 2.45) is 34.5 Å². The van der Waals surface area contributed by atoms with Gasteiger partial charge < -0.3 is 9.84 Å². The third kappa shape index (κ3) is 4.02. The molecule has 4 nitrogen and oxygen atoms in total. The molecule has 0 bridgehead atoms. The summed E-state index contributed by atoms with van der Waals surface area (Å²) in [5.74, 6) is 2.09. The number of rotatable bonds is 6. The normalized spacial score (nSPS) is 41.5. The molecule has 7 atom stereocenters. The monoisotopic (exact) mass is 458 g/mol. The molecular formula is C29H46O4. The first-order chi connectivity index (χ1) is 15.4. The van der Waals surface area contributed by atoms with Crippen molar-refractivity contribution >= 4 is 11.8 Å². The Morgan fingerprint density at radius 1 is 1.12 bits per heavy atom. The summed E-state index contributed by atoms with van der Waals surface area (Å²) in [5, 5.41) is 12.3. The number of allylic oxidation sites excluding steroid dienone is 1. The van der Waals surface area contributed by atoms with Gasteiger partial charge in [-0.1, -0.05) is 53.9 Å². The van der Waals surface area contributed by atoms with Crippen molar-refractivity contribution in [3.05, 3.63) is 11.1 Å². The second-order valence-electron chi connectivity index (χ2n) is 12.8. The SMILES string of the molecule is CC(=O)O[C@H]1CC[C@@]2(C)[C@@H](CCC3=C4C(=O)C[C@H]([C@H](C)CCCC(C)C)[C@@]4(C)CC[C@@]32O)C1. The first-order valence-corrected chi connectivity index (χ1v) is 13.6. The number of Topliss-reactive ketones (excluding diaryl/α,β-unsaturated/α-hetero) is 1. The highest BCUT2D eigenvalue weighted by atomic mass is 16.5. The Morgan fingerprint density at radius 3 is 2.52 bits per heavy atom. The molecule has 4 aliphatic carbocycles. The van der Waals surface area contributed by atoms with Gasteiger partial charge in [-0.3, -0.25) is 9.59 Å². The van der Waals surface area contributed by atoms with Crippen molar-refractivity contribution in [2.45, 2.75) is 124 Å². The molecule has 4 heteroatoms. The predicted octanol–water partition coefficient (Wildman–Crippen LogP) is 6.40. The quantitative estimate of drug-likeness (QED) is 0.468. The molecule has 1 N–H and O–H groups in total. The Labute approximate surface area is 200 Å². The van der Waals surface area contributed by atoms with Crippen LogP contribution in [0.5, 0.6) is 0 Å². The predicted molar refractivity (Wildman–Crippen MR) is 131 cm³/mol. The summed E-state index contributed by atoms with van der Waals surface area (Å²) in [6, 6.07) is 0. The smallest absolute Gasteiger partial charge is 0.302 e. The van der Waals surface area contributed by atoms with Gasteiger partial charge in [0, 0.05) is 24.3 Å². The van der Waals surface area contributed by atoms with Crippen molar-refractivity contribution in [3.8, 4) is 0 Å². The van der Waals surface area contributed by atoms with Crippen molar-refractivity contribution < 1.29 is 19.4 Å². The number of hydrogen-bond acceptors (Lipinski definition) is 4. The second kappa shape index (κ2) is 8.81. The summed E-state index contributed by atoms with van der Waals surface area (Å²) in [6.07, 6.45) is 10.3. The Kier molecular flexibility index (Phi) is 6.66. The number of carbonyl (C=O) groups is 2. The van der Waals surface area contributed by atoms with Crippen molar-refractivity contribution in [1.82, 2.24) is 0 Å². The van der Waals surface area contributed by atoms with Gasteiger partial charge in [0.15, 0.2) is 5.78 Å². The highest BCUT2D eigenvalue weighted by Gasteiger charge is 2.64. The van der Waals surface area contributed by atoms with Crippen LogP contribution in [0, 0.1) is 34.5 Å². The first-order valence-electron chi connectivity index (χ1n) is 13.6. The Bertz CT molecular complexity index is 827. The standard InChI is InChI=1S/C29H46O4/c1-18(2)8-7-9-19(3)24-17-25(31)26-23-11-10-21-16-22(33-20(4)30)12-13-28(21,6)29(23,32)15-14-27(24,26)5/h18-19,21-22,24,32H,7-17H2,1-6H3/t19-,21+,22+,24-,27-,28+,29-/m1/s1. The van der Waals surface area contributed by atoms with Gasteiger partial charge in [0.1, 0.15) is 6.10 Å². The van der Waals surface area contributed by atoms with Crippen LogP contribution in [0.1, 0.15) is 112 Å². The van der Waals surface area contributed by atoms with Crippen LogP contribution in [0.3, 0.4) is 0 Å². The van der Waals surface area contributed by atoms with Crippen LogP contribution in [0.4, 0.5) is 0 Å². The average molecular weight is 459 g/mol. The fourth-order valence-electron chi connectivity index (χ4n) is 8.49. The third-order valence-corrected chi connectivity index (χ3v) is 10.5. The van der Waals surface area contributed by atoms with E-state index in [0.717, 1.165) is 62.0 Å². The zero-order valence-corrected chi connectivity index (χ0v) is 21.8. The minimum atomic E-state index is -0.891. The van der Waals surface area contributed by atoms with Gasteiger partial charge in [-0.15, -0.1) is 0 Å². The fraction of sp³-hybridized carbons (Fsp3) is 0.862. The van der Waals surface area contributed by atoms with E-state index in [4.69, 9.17) is 4.74 Å². The van der Waals surface area contributed by atoms with Crippen LogP contribution < -0.4 is 0 Å². The summed E-state index contributed by atoms with van der Waals surface area (Å²) >= 11 is 0. The van der Waals surface area contributed by atoms with Crippen LogP contribution in [0.2, 0.25) is 0 Å². The van der Waals surface area contributed by atoms with E-state index in [9.17, 15) is 14.7 Å². The van der Waals surface area contributed by atoms with E-state index in [1.165, 1.54) is 26.2 Å². The van der Waals surface area contributed by atoms with Crippen LogP contribution >= 0.6 is 0 Å². The van der Waals surface area contributed by atoms with Crippen LogP contribution in [-0.4, -0.2) is 28.6 Å². The average Bonchev–Trinajstić information content (AvgIpc) is 2.99. The lowest BCUT2D eigenvalue weighted by Gasteiger charge is -2.61. The zero-order chi connectivity index (χ0) is 24.2. The van der Waals surface area contributed by atoms with Gasteiger partial charge in [0.2, 0.25) is 0 Å². The molecule has 0 aromatic carbocycles. The number of ether oxygens (including phenoxy) is 1. The van der Waals surface area contributed by atoms with Gasteiger partial charge in [0.25, 0.3) is 0 Å². The molecule has 3 fully saturated rings. The molecule has 186 valence electrons. The first kappa shape index (κ1) is 24.9. The summed E-state index contributed by atoms with van der Waals surface area (Å²) in [5.41, 5.74) is 0.875. The molecule has 0 saturated heterocycles. The van der Waals surface area contributed by atoms with Crippen LogP contribution in [0.15, 0.2) is 11.1 Å². The third-order valence-electron chi connectivity index (χ3n) is 10.5. The minimum absolute atomic E-state index is 0.0311. The number of carbonyl (C=O) groups excluding carboxylic acids is 2. The number of hydrogen-bond donors (Lipinski definition) is 1. The summed E-state index contributed by atoms with van der Waals surface area (Å²) in [6.45, 7) is 13.0. The van der Waals surface area contributed by atoms with E-state index >= 15 is 0 Å². The number of aliphatic hydroxyl groups is 1. The largest absolute Gasteiger partial charge is 0.463 e. The van der Waals surface area contributed by atoms with E-state index in [-0.39, 0.29) is 22.9 Å².